The van der Waals surface area contributed by atoms with E-state index in [1.165, 1.54) is 18.4 Å². The Labute approximate surface area is 115 Å². The highest BCUT2D eigenvalue weighted by Gasteiger charge is 2.11. The average molecular weight is 260 g/mol. The van der Waals surface area contributed by atoms with Crippen LogP contribution in [0.5, 0.6) is 0 Å². The number of aryl methyl sites for hydroxylation is 1. The van der Waals surface area contributed by atoms with Gasteiger partial charge in [-0.05, 0) is 30.0 Å². The van der Waals surface area contributed by atoms with Crippen molar-refractivity contribution >= 4 is 11.0 Å². The quantitative estimate of drug-likeness (QED) is 0.801. The zero-order valence-corrected chi connectivity index (χ0v) is 12.2. The Balaban J connectivity index is 2.38. The number of nitrogens with zero attached hydrogens (tertiary/aromatic N) is 2. The number of fused-ring (bicyclic) bond motifs is 1. The first-order chi connectivity index (χ1) is 9.17. The van der Waals surface area contributed by atoms with Gasteiger partial charge in [0, 0.05) is 6.54 Å². The minimum atomic E-state index is 0.0117. The summed E-state index contributed by atoms with van der Waals surface area (Å²) < 4.78 is 2.16. The number of hydrogen-bond donors (Lipinski definition) is 1. The Morgan fingerprint density at radius 3 is 2.68 bits per heavy atom. The van der Waals surface area contributed by atoms with Crippen molar-refractivity contribution < 1.29 is 5.11 Å². The SMILES string of the molecule is CCCCCn1c(CO)nc2cc(C(C)C)ccc21. The van der Waals surface area contributed by atoms with Gasteiger partial charge in [-0.1, -0.05) is 39.7 Å². The van der Waals surface area contributed by atoms with Crippen LogP contribution in [0.1, 0.15) is 57.3 Å². The van der Waals surface area contributed by atoms with E-state index >= 15 is 0 Å². The monoisotopic (exact) mass is 260 g/mol. The Kier molecular flexibility index (Phi) is 4.59. The van der Waals surface area contributed by atoms with E-state index < -0.39 is 0 Å². The van der Waals surface area contributed by atoms with Crippen molar-refractivity contribution in [2.75, 3.05) is 0 Å². The fourth-order valence-corrected chi connectivity index (χ4v) is 2.45. The van der Waals surface area contributed by atoms with E-state index in [1.54, 1.807) is 0 Å². The summed E-state index contributed by atoms with van der Waals surface area (Å²) >= 11 is 0. The third-order valence-electron chi connectivity index (χ3n) is 3.64. The maximum atomic E-state index is 9.47. The van der Waals surface area contributed by atoms with Gasteiger partial charge in [0.05, 0.1) is 11.0 Å². The summed E-state index contributed by atoms with van der Waals surface area (Å²) in [5, 5.41) is 9.47. The van der Waals surface area contributed by atoms with Crippen molar-refractivity contribution in [3.8, 4) is 0 Å². The van der Waals surface area contributed by atoms with Crippen molar-refractivity contribution in [2.45, 2.75) is 59.1 Å². The summed E-state index contributed by atoms with van der Waals surface area (Å²) in [5.74, 6) is 1.29. The van der Waals surface area contributed by atoms with Gasteiger partial charge in [0.15, 0.2) is 0 Å². The molecule has 0 saturated heterocycles. The molecule has 104 valence electrons. The number of aromatic nitrogens is 2. The molecule has 3 nitrogen and oxygen atoms in total. The van der Waals surface area contributed by atoms with Gasteiger partial charge in [0.2, 0.25) is 0 Å². The van der Waals surface area contributed by atoms with E-state index in [4.69, 9.17) is 0 Å². The molecule has 19 heavy (non-hydrogen) atoms. The number of unbranched alkanes of at least 4 members (excludes halogenated alkanes) is 2. The van der Waals surface area contributed by atoms with E-state index in [2.05, 4.69) is 48.5 Å². The van der Waals surface area contributed by atoms with Crippen LogP contribution >= 0.6 is 0 Å². The number of imidazole rings is 1. The summed E-state index contributed by atoms with van der Waals surface area (Å²) in [6.45, 7) is 7.53. The molecule has 1 heterocycles. The second kappa shape index (κ2) is 6.20. The summed E-state index contributed by atoms with van der Waals surface area (Å²) in [6, 6.07) is 6.46. The molecule has 0 atom stereocenters. The minimum Gasteiger partial charge on any atom is -0.388 e. The molecule has 0 aliphatic rings. The molecule has 0 aliphatic carbocycles. The van der Waals surface area contributed by atoms with Crippen LogP contribution in [0, 0.1) is 0 Å². The molecule has 0 fully saturated rings. The van der Waals surface area contributed by atoms with Crippen molar-refractivity contribution in [2.24, 2.45) is 0 Å². The second-order valence-corrected chi connectivity index (χ2v) is 5.45. The number of rotatable bonds is 6. The summed E-state index contributed by atoms with van der Waals surface area (Å²) in [5.41, 5.74) is 3.45. The number of aliphatic hydroxyl groups is 1. The summed E-state index contributed by atoms with van der Waals surface area (Å²) in [6.07, 6.45) is 3.56. The fourth-order valence-electron chi connectivity index (χ4n) is 2.45. The van der Waals surface area contributed by atoms with Crippen LogP contribution < -0.4 is 0 Å². The lowest BCUT2D eigenvalue weighted by atomic mass is 10.0. The predicted molar refractivity (Wildman–Crippen MR) is 79.3 cm³/mol. The molecule has 0 spiro atoms. The smallest absolute Gasteiger partial charge is 0.135 e. The second-order valence-electron chi connectivity index (χ2n) is 5.45. The van der Waals surface area contributed by atoms with Gasteiger partial charge in [-0.2, -0.15) is 0 Å². The summed E-state index contributed by atoms with van der Waals surface area (Å²) in [7, 11) is 0. The van der Waals surface area contributed by atoms with Gasteiger partial charge in [-0.15, -0.1) is 0 Å². The molecular formula is C16H24N2O. The molecule has 1 aromatic carbocycles. The maximum Gasteiger partial charge on any atom is 0.135 e. The molecule has 0 unspecified atom stereocenters. The lowest BCUT2D eigenvalue weighted by Crippen LogP contribution is -2.03. The maximum absolute atomic E-state index is 9.47. The lowest BCUT2D eigenvalue weighted by Gasteiger charge is -2.08. The lowest BCUT2D eigenvalue weighted by molar-refractivity contribution is 0.265. The molecule has 0 radical (unpaired) electrons. The highest BCUT2D eigenvalue weighted by atomic mass is 16.3. The molecular weight excluding hydrogens is 236 g/mol. The van der Waals surface area contributed by atoms with Crippen LogP contribution in [0.25, 0.3) is 11.0 Å². The Morgan fingerprint density at radius 1 is 1.26 bits per heavy atom. The highest BCUT2D eigenvalue weighted by molar-refractivity contribution is 5.77. The molecule has 1 N–H and O–H groups in total. The molecule has 0 saturated carbocycles. The Bertz CT molecular complexity index is 543. The van der Waals surface area contributed by atoms with E-state index in [1.807, 2.05) is 0 Å². The topological polar surface area (TPSA) is 38.0 Å². The third kappa shape index (κ3) is 2.98. The van der Waals surface area contributed by atoms with E-state index in [9.17, 15) is 5.11 Å². The normalized spacial score (nSPS) is 11.6. The number of aliphatic hydroxyl groups excluding tert-OH is 1. The van der Waals surface area contributed by atoms with Gasteiger partial charge in [-0.3, -0.25) is 0 Å². The molecule has 1 aromatic heterocycles. The molecule has 0 aliphatic heterocycles. The van der Waals surface area contributed by atoms with E-state index in [0.717, 1.165) is 29.8 Å². The predicted octanol–water partition coefficient (Wildman–Crippen LogP) is 3.84. The standard InChI is InChI=1S/C16H24N2O/c1-4-5-6-9-18-15-8-7-13(12(2)3)10-14(15)17-16(18)11-19/h7-8,10,12,19H,4-6,9,11H2,1-3H3. The van der Waals surface area contributed by atoms with Crippen LogP contribution in [0.15, 0.2) is 18.2 Å². The zero-order valence-electron chi connectivity index (χ0n) is 12.2. The van der Waals surface area contributed by atoms with Crippen molar-refractivity contribution in [3.05, 3.63) is 29.6 Å². The van der Waals surface area contributed by atoms with Crippen LogP contribution in [-0.4, -0.2) is 14.7 Å². The first kappa shape index (κ1) is 14.1. The van der Waals surface area contributed by atoms with Crippen LogP contribution in [0.2, 0.25) is 0 Å². The van der Waals surface area contributed by atoms with Gasteiger partial charge in [0.25, 0.3) is 0 Å². The van der Waals surface area contributed by atoms with E-state index in [-0.39, 0.29) is 6.61 Å². The largest absolute Gasteiger partial charge is 0.388 e. The fraction of sp³-hybridized carbons (Fsp3) is 0.562. The molecule has 3 heteroatoms. The van der Waals surface area contributed by atoms with Crippen LogP contribution in [0.4, 0.5) is 0 Å². The van der Waals surface area contributed by atoms with Crippen molar-refractivity contribution in [3.63, 3.8) is 0 Å². The summed E-state index contributed by atoms with van der Waals surface area (Å²) in [4.78, 5) is 4.57. The third-order valence-corrected chi connectivity index (χ3v) is 3.64. The molecule has 0 amide bonds. The molecule has 2 rings (SSSR count). The van der Waals surface area contributed by atoms with Gasteiger partial charge in [-0.25, -0.2) is 4.98 Å². The average Bonchev–Trinajstić information content (AvgIpc) is 2.76. The van der Waals surface area contributed by atoms with Gasteiger partial charge in [0.1, 0.15) is 12.4 Å². The number of benzene rings is 1. The first-order valence-electron chi connectivity index (χ1n) is 7.27. The van der Waals surface area contributed by atoms with Crippen molar-refractivity contribution in [1.29, 1.82) is 0 Å². The van der Waals surface area contributed by atoms with Gasteiger partial charge >= 0.3 is 0 Å². The Morgan fingerprint density at radius 2 is 2.05 bits per heavy atom. The molecule has 0 bridgehead atoms. The molecule has 2 aromatic rings. The van der Waals surface area contributed by atoms with E-state index in [0.29, 0.717) is 5.92 Å². The Hall–Kier alpha value is -1.35. The van der Waals surface area contributed by atoms with Crippen LogP contribution in [0.3, 0.4) is 0 Å². The first-order valence-corrected chi connectivity index (χ1v) is 7.27. The number of hydrogen-bond acceptors (Lipinski definition) is 2. The van der Waals surface area contributed by atoms with Gasteiger partial charge < -0.3 is 9.67 Å². The zero-order chi connectivity index (χ0) is 13.8. The minimum absolute atomic E-state index is 0.0117. The van der Waals surface area contributed by atoms with Crippen LogP contribution in [-0.2, 0) is 13.2 Å². The van der Waals surface area contributed by atoms with Crippen molar-refractivity contribution in [1.82, 2.24) is 9.55 Å². The highest BCUT2D eigenvalue weighted by Crippen LogP contribution is 2.23.